The van der Waals surface area contributed by atoms with Gasteiger partial charge in [0.2, 0.25) is 0 Å². The first-order valence-corrected chi connectivity index (χ1v) is 5.84. The number of hydrogen-bond acceptors (Lipinski definition) is 4. The molecule has 1 unspecified atom stereocenters. The molecule has 0 aliphatic carbocycles. The van der Waals surface area contributed by atoms with Gasteiger partial charge in [-0.05, 0) is 32.5 Å². The van der Waals surface area contributed by atoms with Crippen molar-refractivity contribution in [2.45, 2.75) is 32.9 Å². The van der Waals surface area contributed by atoms with Crippen LogP contribution in [0.1, 0.15) is 30.1 Å². The molecule has 0 aliphatic heterocycles. The third-order valence-corrected chi connectivity index (χ3v) is 2.95. The molecule has 1 N–H and O–H groups in total. The van der Waals surface area contributed by atoms with Gasteiger partial charge in [-0.3, -0.25) is 4.68 Å². The zero-order valence-corrected chi connectivity index (χ0v) is 10.5. The Kier molecular flexibility index (Phi) is 3.58. The molecular weight excluding hydrogens is 216 g/mol. The maximum Gasteiger partial charge on any atom is 0.138 e. The number of hydrogen-bond donors (Lipinski definition) is 1. The second-order valence-corrected chi connectivity index (χ2v) is 4.01. The second-order valence-electron chi connectivity index (χ2n) is 4.01. The largest absolute Gasteiger partial charge is 0.467 e. The summed E-state index contributed by atoms with van der Waals surface area (Å²) >= 11 is 0. The summed E-state index contributed by atoms with van der Waals surface area (Å²) in [6.45, 7) is 4.95. The monoisotopic (exact) mass is 234 g/mol. The van der Waals surface area contributed by atoms with Gasteiger partial charge >= 0.3 is 0 Å². The molecule has 2 rings (SSSR count). The second kappa shape index (κ2) is 5.14. The highest BCUT2D eigenvalue weighted by Crippen LogP contribution is 2.21. The number of likely N-dealkylation sites (N-methyl/N-ethyl adjacent to an activating group) is 1. The molecule has 92 valence electrons. The lowest BCUT2D eigenvalue weighted by Gasteiger charge is -2.14. The molecule has 0 fully saturated rings. The van der Waals surface area contributed by atoms with Crippen LogP contribution in [0.4, 0.5) is 0 Å². The molecule has 0 spiro atoms. The van der Waals surface area contributed by atoms with Crippen molar-refractivity contribution in [3.8, 4) is 0 Å². The van der Waals surface area contributed by atoms with Crippen molar-refractivity contribution in [3.05, 3.63) is 35.8 Å². The van der Waals surface area contributed by atoms with Gasteiger partial charge in [0.05, 0.1) is 12.3 Å². The Hall–Kier alpha value is -1.62. The van der Waals surface area contributed by atoms with Gasteiger partial charge in [0, 0.05) is 13.0 Å². The van der Waals surface area contributed by atoms with Crippen LogP contribution in [-0.2, 0) is 13.0 Å². The molecule has 5 nitrogen and oxygen atoms in total. The van der Waals surface area contributed by atoms with Crippen molar-refractivity contribution in [1.29, 1.82) is 0 Å². The maximum absolute atomic E-state index is 5.52. The zero-order chi connectivity index (χ0) is 12.3. The Labute approximate surface area is 101 Å². The van der Waals surface area contributed by atoms with Gasteiger partial charge in [-0.2, -0.15) is 5.10 Å². The fourth-order valence-electron chi connectivity index (χ4n) is 1.96. The summed E-state index contributed by atoms with van der Waals surface area (Å²) in [7, 11) is 1.93. The predicted molar refractivity (Wildman–Crippen MR) is 64.6 cm³/mol. The maximum atomic E-state index is 5.52. The Morgan fingerprint density at radius 3 is 2.94 bits per heavy atom. The number of aromatic nitrogens is 3. The molecule has 0 aromatic carbocycles. The van der Waals surface area contributed by atoms with Crippen molar-refractivity contribution in [3.63, 3.8) is 0 Å². The van der Waals surface area contributed by atoms with Crippen LogP contribution < -0.4 is 5.32 Å². The van der Waals surface area contributed by atoms with Crippen molar-refractivity contribution < 1.29 is 4.42 Å². The summed E-state index contributed by atoms with van der Waals surface area (Å²) in [4.78, 5) is 4.28. The molecule has 2 aromatic rings. The molecule has 1 atom stereocenters. The molecule has 0 saturated heterocycles. The lowest BCUT2D eigenvalue weighted by molar-refractivity contribution is 0.416. The van der Waals surface area contributed by atoms with E-state index in [1.54, 1.807) is 12.6 Å². The smallest absolute Gasteiger partial charge is 0.138 e. The summed E-state index contributed by atoms with van der Waals surface area (Å²) in [6.07, 6.45) is 4.10. The highest BCUT2D eigenvalue weighted by Gasteiger charge is 2.18. The van der Waals surface area contributed by atoms with Crippen molar-refractivity contribution in [2.75, 3.05) is 7.05 Å². The van der Waals surface area contributed by atoms with Crippen LogP contribution in [-0.4, -0.2) is 21.8 Å². The Balaban J connectivity index is 2.19. The van der Waals surface area contributed by atoms with Gasteiger partial charge in [0.1, 0.15) is 17.9 Å². The minimum absolute atomic E-state index is 0.138. The summed E-state index contributed by atoms with van der Waals surface area (Å²) in [5.41, 5.74) is 1.16. The van der Waals surface area contributed by atoms with E-state index in [1.165, 1.54) is 0 Å². The van der Waals surface area contributed by atoms with Crippen molar-refractivity contribution in [1.82, 2.24) is 20.1 Å². The summed E-state index contributed by atoms with van der Waals surface area (Å²) in [5.74, 6) is 1.95. The Morgan fingerprint density at radius 1 is 1.53 bits per heavy atom. The van der Waals surface area contributed by atoms with Crippen LogP contribution in [0.25, 0.3) is 0 Å². The lowest BCUT2D eigenvalue weighted by Crippen LogP contribution is -2.21. The van der Waals surface area contributed by atoms with Gasteiger partial charge < -0.3 is 9.73 Å². The van der Waals surface area contributed by atoms with E-state index < -0.39 is 0 Å². The first kappa shape index (κ1) is 11.9. The number of nitrogens with zero attached hydrogens (tertiary/aromatic N) is 3. The number of rotatable bonds is 5. The fourth-order valence-corrected chi connectivity index (χ4v) is 1.96. The fraction of sp³-hybridized carbons (Fsp3) is 0.500. The molecule has 2 heterocycles. The van der Waals surface area contributed by atoms with Crippen molar-refractivity contribution in [2.24, 2.45) is 0 Å². The van der Waals surface area contributed by atoms with E-state index in [0.29, 0.717) is 0 Å². The quantitative estimate of drug-likeness (QED) is 0.855. The van der Waals surface area contributed by atoms with E-state index in [0.717, 1.165) is 30.1 Å². The molecule has 17 heavy (non-hydrogen) atoms. The van der Waals surface area contributed by atoms with E-state index in [-0.39, 0.29) is 6.04 Å². The van der Waals surface area contributed by atoms with E-state index in [9.17, 15) is 0 Å². The van der Waals surface area contributed by atoms with Crippen LogP contribution in [0.15, 0.2) is 23.1 Å². The minimum Gasteiger partial charge on any atom is -0.467 e. The molecule has 5 heteroatoms. The Bertz CT molecular complexity index is 474. The zero-order valence-electron chi connectivity index (χ0n) is 10.5. The van der Waals surface area contributed by atoms with E-state index in [4.69, 9.17) is 4.42 Å². The van der Waals surface area contributed by atoms with E-state index in [1.807, 2.05) is 24.7 Å². The number of furan rings is 1. The molecule has 0 amide bonds. The van der Waals surface area contributed by atoms with Gasteiger partial charge in [-0.25, -0.2) is 4.98 Å². The molecular formula is C12H18N4O. The normalized spacial score (nSPS) is 12.9. The third-order valence-electron chi connectivity index (χ3n) is 2.95. The lowest BCUT2D eigenvalue weighted by atomic mass is 10.1. The van der Waals surface area contributed by atoms with Gasteiger partial charge in [0.15, 0.2) is 0 Å². The summed E-state index contributed by atoms with van der Waals surface area (Å²) in [5, 5.41) is 7.43. The van der Waals surface area contributed by atoms with Crippen LogP contribution in [0, 0.1) is 6.92 Å². The van der Waals surface area contributed by atoms with Crippen LogP contribution >= 0.6 is 0 Å². The van der Waals surface area contributed by atoms with Gasteiger partial charge in [0.25, 0.3) is 0 Å². The van der Waals surface area contributed by atoms with E-state index in [2.05, 4.69) is 22.3 Å². The molecule has 0 aliphatic rings. The predicted octanol–water partition coefficient (Wildman–Crippen LogP) is 1.70. The third kappa shape index (κ3) is 2.39. The van der Waals surface area contributed by atoms with Crippen LogP contribution in [0.5, 0.6) is 0 Å². The average molecular weight is 234 g/mol. The van der Waals surface area contributed by atoms with Gasteiger partial charge in [-0.1, -0.05) is 0 Å². The van der Waals surface area contributed by atoms with Crippen molar-refractivity contribution >= 4 is 0 Å². The van der Waals surface area contributed by atoms with Crippen LogP contribution in [0.3, 0.4) is 0 Å². The average Bonchev–Trinajstić information content (AvgIpc) is 2.94. The molecule has 0 saturated carbocycles. The SMILES string of the molecule is CCn1ncnc1CC(NC)c1occc1C. The topological polar surface area (TPSA) is 55.9 Å². The molecule has 2 aromatic heterocycles. The number of aryl methyl sites for hydroxylation is 2. The van der Waals surface area contributed by atoms with E-state index >= 15 is 0 Å². The highest BCUT2D eigenvalue weighted by atomic mass is 16.3. The first-order chi connectivity index (χ1) is 8.26. The molecule has 0 bridgehead atoms. The first-order valence-electron chi connectivity index (χ1n) is 5.84. The highest BCUT2D eigenvalue weighted by molar-refractivity contribution is 5.19. The Morgan fingerprint density at radius 2 is 2.35 bits per heavy atom. The van der Waals surface area contributed by atoms with Crippen LogP contribution in [0.2, 0.25) is 0 Å². The number of nitrogens with one attached hydrogen (secondary N) is 1. The molecule has 0 radical (unpaired) electrons. The minimum atomic E-state index is 0.138. The summed E-state index contributed by atoms with van der Waals surface area (Å²) in [6, 6.07) is 2.11. The van der Waals surface area contributed by atoms with Gasteiger partial charge in [-0.15, -0.1) is 0 Å². The summed E-state index contributed by atoms with van der Waals surface area (Å²) < 4.78 is 7.43. The standard InChI is InChI=1S/C12H18N4O/c1-4-16-11(14-8-15-16)7-10(13-3)12-9(2)5-6-17-12/h5-6,8,10,13H,4,7H2,1-3H3.